The van der Waals surface area contributed by atoms with E-state index in [1.165, 1.54) is 10.8 Å². The third-order valence-electron chi connectivity index (χ3n) is 2.94. The second kappa shape index (κ2) is 4.18. The molecule has 2 heterocycles. The van der Waals surface area contributed by atoms with Crippen LogP contribution in [0.1, 0.15) is 25.3 Å². The molecule has 0 spiro atoms. The fourth-order valence-electron chi connectivity index (χ4n) is 2.03. The molecule has 0 saturated carbocycles. The summed E-state index contributed by atoms with van der Waals surface area (Å²) in [6.45, 7) is 2.95. The quantitative estimate of drug-likeness (QED) is 0.780. The summed E-state index contributed by atoms with van der Waals surface area (Å²) >= 11 is 0. The van der Waals surface area contributed by atoms with E-state index in [0.717, 1.165) is 12.8 Å². The Balaban J connectivity index is 2.37. The predicted molar refractivity (Wildman–Crippen MR) is 59.6 cm³/mol. The molecule has 17 heavy (non-hydrogen) atoms. The van der Waals surface area contributed by atoms with Crippen LogP contribution in [-0.4, -0.2) is 21.8 Å². The van der Waals surface area contributed by atoms with Crippen LogP contribution in [0.2, 0.25) is 0 Å². The molecule has 0 radical (unpaired) electrons. The van der Waals surface area contributed by atoms with Gasteiger partial charge in [-0.25, -0.2) is 4.79 Å². The molecule has 0 amide bonds. The number of hydrogen-bond acceptors (Lipinski definition) is 4. The highest BCUT2D eigenvalue weighted by molar-refractivity contribution is 5.21. The third kappa shape index (κ3) is 2.29. The lowest BCUT2D eigenvalue weighted by molar-refractivity contribution is 0.00515. The zero-order valence-electron chi connectivity index (χ0n) is 9.52. The first-order valence-corrected chi connectivity index (χ1v) is 5.42. The van der Waals surface area contributed by atoms with Crippen LogP contribution in [0.3, 0.4) is 0 Å². The highest BCUT2D eigenvalue weighted by Crippen LogP contribution is 2.26. The summed E-state index contributed by atoms with van der Waals surface area (Å²) in [5.41, 5.74) is -1.61. The Hall–Kier alpha value is -1.87. The smallest absolute Gasteiger partial charge is 0.328 e. The van der Waals surface area contributed by atoms with Crippen molar-refractivity contribution < 1.29 is 4.74 Å². The first-order chi connectivity index (χ1) is 8.04. The number of aromatic nitrogens is 2. The van der Waals surface area contributed by atoms with E-state index in [4.69, 9.17) is 10.00 Å². The highest BCUT2D eigenvalue weighted by Gasteiger charge is 2.30. The summed E-state index contributed by atoms with van der Waals surface area (Å²) in [6.07, 6.45) is 3.11. The molecule has 1 N–H and O–H groups in total. The fraction of sp³-hybridized carbons (Fsp3) is 0.545. The number of aromatic amines is 1. The fourth-order valence-corrected chi connectivity index (χ4v) is 2.03. The minimum atomic E-state index is -0.647. The van der Waals surface area contributed by atoms with Gasteiger partial charge in [0.2, 0.25) is 0 Å². The van der Waals surface area contributed by atoms with Gasteiger partial charge in [-0.1, -0.05) is 0 Å². The number of H-pyrrole nitrogens is 1. The molecule has 1 aliphatic rings. The Morgan fingerprint density at radius 2 is 2.41 bits per heavy atom. The average molecular weight is 235 g/mol. The monoisotopic (exact) mass is 235 g/mol. The number of nitrogens with zero attached hydrogens (tertiary/aromatic N) is 2. The Bertz CT molecular complexity index is 573. The van der Waals surface area contributed by atoms with Crippen LogP contribution in [0.5, 0.6) is 0 Å². The first kappa shape index (κ1) is 11.6. The van der Waals surface area contributed by atoms with Gasteiger partial charge in [-0.3, -0.25) is 14.3 Å². The summed E-state index contributed by atoms with van der Waals surface area (Å²) in [4.78, 5) is 24.9. The van der Waals surface area contributed by atoms with Crippen molar-refractivity contribution in [1.82, 2.24) is 9.55 Å². The summed E-state index contributed by atoms with van der Waals surface area (Å²) in [7, 11) is 0. The third-order valence-corrected chi connectivity index (χ3v) is 2.94. The molecular formula is C11H13N3O3. The van der Waals surface area contributed by atoms with Crippen molar-refractivity contribution >= 4 is 0 Å². The maximum absolute atomic E-state index is 11.6. The lowest BCUT2D eigenvalue weighted by Gasteiger charge is -2.23. The maximum atomic E-state index is 11.6. The summed E-state index contributed by atoms with van der Waals surface area (Å²) in [5.74, 6) is 0. The Morgan fingerprint density at radius 3 is 3.00 bits per heavy atom. The van der Waals surface area contributed by atoms with Crippen molar-refractivity contribution in [2.24, 2.45) is 0 Å². The Morgan fingerprint density at radius 1 is 1.65 bits per heavy atom. The molecule has 1 fully saturated rings. The van der Waals surface area contributed by atoms with E-state index in [1.807, 2.05) is 6.92 Å². The number of ether oxygens (including phenoxy) is 1. The van der Waals surface area contributed by atoms with Crippen LogP contribution in [-0.2, 0) is 11.3 Å². The van der Waals surface area contributed by atoms with E-state index < -0.39 is 16.9 Å². The Labute approximate surface area is 97.5 Å². The van der Waals surface area contributed by atoms with Crippen molar-refractivity contribution in [3.05, 3.63) is 32.6 Å². The van der Waals surface area contributed by atoms with Crippen LogP contribution in [0.25, 0.3) is 0 Å². The molecule has 90 valence electrons. The van der Waals surface area contributed by atoms with Crippen molar-refractivity contribution in [2.75, 3.05) is 6.61 Å². The molecule has 1 atom stereocenters. The summed E-state index contributed by atoms with van der Waals surface area (Å²) < 4.78 is 6.89. The molecule has 0 aromatic carbocycles. The van der Waals surface area contributed by atoms with E-state index in [-0.39, 0.29) is 5.56 Å². The van der Waals surface area contributed by atoms with Crippen LogP contribution in [0, 0.1) is 11.3 Å². The number of nitrogens with one attached hydrogen (secondary N) is 1. The molecule has 6 nitrogen and oxygen atoms in total. The molecule has 1 aromatic heterocycles. The normalized spacial score (nSPS) is 23.5. The molecule has 1 unspecified atom stereocenters. The van der Waals surface area contributed by atoms with E-state index in [2.05, 4.69) is 4.98 Å². The van der Waals surface area contributed by atoms with Gasteiger partial charge in [-0.15, -0.1) is 0 Å². The Kier molecular flexibility index (Phi) is 2.86. The second-order valence-electron chi connectivity index (χ2n) is 4.44. The maximum Gasteiger partial charge on any atom is 0.328 e. The number of hydrogen-bond donors (Lipinski definition) is 1. The van der Waals surface area contributed by atoms with Gasteiger partial charge in [0.1, 0.15) is 11.6 Å². The molecule has 1 saturated heterocycles. The SMILES string of the molecule is CC1(Cn2cc(C#N)c(=O)[nH]c2=O)CCCO1. The van der Waals surface area contributed by atoms with Gasteiger partial charge in [0.25, 0.3) is 5.56 Å². The topological polar surface area (TPSA) is 87.9 Å². The van der Waals surface area contributed by atoms with Gasteiger partial charge in [0, 0.05) is 12.8 Å². The van der Waals surface area contributed by atoms with Crippen molar-refractivity contribution in [2.45, 2.75) is 31.9 Å². The first-order valence-electron chi connectivity index (χ1n) is 5.42. The van der Waals surface area contributed by atoms with Crippen molar-refractivity contribution in [1.29, 1.82) is 5.26 Å². The van der Waals surface area contributed by atoms with E-state index >= 15 is 0 Å². The lowest BCUT2D eigenvalue weighted by Crippen LogP contribution is -2.38. The lowest BCUT2D eigenvalue weighted by atomic mass is 10.0. The zero-order valence-corrected chi connectivity index (χ0v) is 9.52. The van der Waals surface area contributed by atoms with Gasteiger partial charge in [-0.05, 0) is 19.8 Å². The van der Waals surface area contributed by atoms with Crippen molar-refractivity contribution in [3.63, 3.8) is 0 Å². The minimum absolute atomic E-state index is 0.0637. The highest BCUT2D eigenvalue weighted by atomic mass is 16.5. The van der Waals surface area contributed by atoms with Gasteiger partial charge < -0.3 is 4.74 Å². The molecule has 0 bridgehead atoms. The predicted octanol–water partition coefficient (Wildman–Crippen LogP) is -0.0226. The van der Waals surface area contributed by atoms with Crippen LogP contribution in [0.15, 0.2) is 15.8 Å². The number of rotatable bonds is 2. The van der Waals surface area contributed by atoms with Gasteiger partial charge >= 0.3 is 5.69 Å². The summed E-state index contributed by atoms with van der Waals surface area (Å²) in [5, 5.41) is 8.74. The standard InChI is InChI=1S/C11H13N3O3/c1-11(3-2-4-17-11)7-14-6-8(5-12)9(15)13-10(14)16/h6H,2-4,7H2,1H3,(H,13,15,16). The van der Waals surface area contributed by atoms with Crippen molar-refractivity contribution in [3.8, 4) is 6.07 Å². The largest absolute Gasteiger partial charge is 0.373 e. The molecule has 1 aliphatic heterocycles. The van der Waals surface area contributed by atoms with E-state index in [9.17, 15) is 9.59 Å². The van der Waals surface area contributed by atoms with Gasteiger partial charge in [-0.2, -0.15) is 5.26 Å². The van der Waals surface area contributed by atoms with Crippen LogP contribution in [0.4, 0.5) is 0 Å². The molecule has 0 aliphatic carbocycles. The molecule has 1 aromatic rings. The summed E-state index contributed by atoms with van der Waals surface area (Å²) in [6, 6.07) is 1.76. The zero-order chi connectivity index (χ0) is 12.5. The number of nitriles is 1. The minimum Gasteiger partial charge on any atom is -0.373 e. The molecular weight excluding hydrogens is 222 g/mol. The van der Waals surface area contributed by atoms with Crippen LogP contribution < -0.4 is 11.2 Å². The van der Waals surface area contributed by atoms with E-state index in [1.54, 1.807) is 6.07 Å². The average Bonchev–Trinajstić information content (AvgIpc) is 2.69. The molecule has 2 rings (SSSR count). The van der Waals surface area contributed by atoms with Gasteiger partial charge in [0.05, 0.1) is 12.1 Å². The molecule has 6 heteroatoms. The van der Waals surface area contributed by atoms with Crippen LogP contribution >= 0.6 is 0 Å². The van der Waals surface area contributed by atoms with E-state index in [0.29, 0.717) is 13.2 Å². The second-order valence-corrected chi connectivity index (χ2v) is 4.44. The van der Waals surface area contributed by atoms with Gasteiger partial charge in [0.15, 0.2) is 0 Å².